The van der Waals surface area contributed by atoms with Crippen LogP contribution in [0, 0.1) is 0 Å². The molecule has 0 fully saturated rings. The van der Waals surface area contributed by atoms with Gasteiger partial charge in [-0.15, -0.1) is 0 Å². The third-order valence-electron chi connectivity index (χ3n) is 4.49. The maximum absolute atomic E-state index is 13.0. The molecule has 0 amide bonds. The molecule has 0 saturated heterocycles. The van der Waals surface area contributed by atoms with Crippen molar-refractivity contribution in [1.29, 1.82) is 0 Å². The first kappa shape index (κ1) is 31.3. The second-order valence-electron chi connectivity index (χ2n) is 10.3. The molecule has 0 atom stereocenters. The largest absolute Gasteiger partial charge is 0.462 e. The second kappa shape index (κ2) is 12.5. The molecule has 1 aromatic rings. The summed E-state index contributed by atoms with van der Waals surface area (Å²) in [4.78, 5) is 13.9. The number of carbonyl (C=O) groups is 1. The number of carbonyl (C=O) groups excluding carboxylic acids is 1. The van der Waals surface area contributed by atoms with Crippen molar-refractivity contribution in [3.05, 3.63) is 65.4 Å². The quantitative estimate of drug-likeness (QED) is 0.143. The van der Waals surface area contributed by atoms with Crippen LogP contribution in [0.5, 0.6) is 0 Å². The molecule has 0 spiro atoms. The van der Waals surface area contributed by atoms with Gasteiger partial charge < -0.3 is 17.9 Å². The minimum Gasteiger partial charge on any atom is -0.462 e. The third-order valence-corrected chi connectivity index (χ3v) is 15.7. The fourth-order valence-corrected chi connectivity index (χ4v) is 16.2. The lowest BCUT2D eigenvalue weighted by Gasteiger charge is -2.40. The molecule has 0 radical (unpaired) electrons. The Balaban J connectivity index is 3.17. The number of nitrogens with zero attached hydrogens (tertiary/aromatic N) is 1. The predicted molar refractivity (Wildman–Crippen MR) is 150 cm³/mol. The van der Waals surface area contributed by atoms with Crippen molar-refractivity contribution in [2.24, 2.45) is 0 Å². The van der Waals surface area contributed by atoms with Gasteiger partial charge in [0.25, 0.3) is 0 Å². The van der Waals surface area contributed by atoms with Crippen LogP contribution < -0.4 is 0 Å². The maximum Gasteiger partial charge on any atom is 0.350 e. The van der Waals surface area contributed by atoms with Crippen LogP contribution >= 0.6 is 0 Å². The Morgan fingerprint density at radius 2 is 1.51 bits per heavy atom. The lowest BCUT2D eigenvalue weighted by Crippen LogP contribution is -2.55. The van der Waals surface area contributed by atoms with Gasteiger partial charge in [0, 0.05) is 13.6 Å². The minimum atomic E-state index is -4.03. The van der Waals surface area contributed by atoms with Gasteiger partial charge in [0.2, 0.25) is 9.84 Å². The standard InChI is InChI=1S/C24H41NO6SSi3/c1-11-29-24(26)23(32(27,28)22-16-13-12-14-17-22)18-15-19-25(3)20-21(2)35(10,30-33(4,5)6)31-34(7,8)9/h12-19H,2,11,20H2,1,3-10H3. The molecule has 0 aliphatic carbocycles. The monoisotopic (exact) mass is 555 g/mol. The van der Waals surface area contributed by atoms with Crippen molar-refractivity contribution in [1.82, 2.24) is 4.90 Å². The molecule has 0 bridgehead atoms. The van der Waals surface area contributed by atoms with Gasteiger partial charge >= 0.3 is 14.5 Å². The van der Waals surface area contributed by atoms with Crippen molar-refractivity contribution >= 4 is 41.0 Å². The first-order valence-corrected chi connectivity index (χ1v) is 22.2. The number of benzene rings is 1. The minimum absolute atomic E-state index is 0.0307. The maximum atomic E-state index is 13.0. The third kappa shape index (κ3) is 10.4. The molecular weight excluding hydrogens is 515 g/mol. The van der Waals surface area contributed by atoms with Gasteiger partial charge in [-0.3, -0.25) is 0 Å². The number of likely N-dealkylation sites (N-methyl/N-ethyl adjacent to an activating group) is 1. The first-order chi connectivity index (χ1) is 15.9. The highest BCUT2D eigenvalue weighted by Crippen LogP contribution is 2.27. The van der Waals surface area contributed by atoms with Crippen molar-refractivity contribution < 1.29 is 26.2 Å². The van der Waals surface area contributed by atoms with Gasteiger partial charge in [0.15, 0.2) is 21.5 Å². The van der Waals surface area contributed by atoms with E-state index in [0.717, 1.165) is 5.20 Å². The molecule has 196 valence electrons. The number of hydrogen-bond donors (Lipinski definition) is 0. The number of hydrogen-bond acceptors (Lipinski definition) is 7. The summed E-state index contributed by atoms with van der Waals surface area (Å²) in [7, 11) is -8.64. The zero-order valence-electron chi connectivity index (χ0n) is 22.5. The van der Waals surface area contributed by atoms with E-state index in [-0.39, 0.29) is 11.5 Å². The number of allylic oxidation sites excluding steroid dienone is 2. The number of sulfone groups is 1. The highest BCUT2D eigenvalue weighted by Gasteiger charge is 2.43. The fourth-order valence-electron chi connectivity index (χ4n) is 3.30. The summed E-state index contributed by atoms with van der Waals surface area (Å²) in [5.74, 6) is -0.889. The van der Waals surface area contributed by atoms with E-state index in [1.54, 1.807) is 31.3 Å². The van der Waals surface area contributed by atoms with Crippen LogP contribution in [0.15, 0.2) is 70.3 Å². The molecule has 0 heterocycles. The lowest BCUT2D eigenvalue weighted by molar-refractivity contribution is -0.137. The zero-order chi connectivity index (χ0) is 27.1. The normalized spacial score (nSPS) is 13.7. The molecule has 0 aliphatic heterocycles. The summed E-state index contributed by atoms with van der Waals surface area (Å²) in [6.07, 6.45) is 4.49. The Bertz CT molecular complexity index is 1030. The molecule has 0 N–H and O–H groups in total. The first-order valence-electron chi connectivity index (χ1n) is 11.6. The lowest BCUT2D eigenvalue weighted by atomic mass is 10.4. The van der Waals surface area contributed by atoms with Crippen molar-refractivity contribution in [3.63, 3.8) is 0 Å². The molecule has 7 nitrogen and oxygen atoms in total. The van der Waals surface area contributed by atoms with Crippen LogP contribution in [-0.4, -0.2) is 64.7 Å². The Morgan fingerprint density at radius 3 is 1.97 bits per heavy atom. The summed E-state index contributed by atoms with van der Waals surface area (Å²) in [5.41, 5.74) is 0. The van der Waals surface area contributed by atoms with Crippen LogP contribution in [0.25, 0.3) is 0 Å². The highest BCUT2D eigenvalue weighted by molar-refractivity contribution is 7.96. The summed E-state index contributed by atoms with van der Waals surface area (Å²) >= 11 is 0. The van der Waals surface area contributed by atoms with Gasteiger partial charge in [-0.25, -0.2) is 13.2 Å². The Morgan fingerprint density at radius 1 is 1.00 bits per heavy atom. The molecular formula is C24H41NO6SSi3. The van der Waals surface area contributed by atoms with E-state index < -0.39 is 45.9 Å². The van der Waals surface area contributed by atoms with E-state index in [1.807, 2.05) is 11.9 Å². The van der Waals surface area contributed by atoms with Gasteiger partial charge in [-0.2, -0.15) is 0 Å². The second-order valence-corrected chi connectivity index (χ2v) is 24.9. The zero-order valence-corrected chi connectivity index (χ0v) is 26.4. The number of ether oxygens (including phenoxy) is 1. The van der Waals surface area contributed by atoms with Gasteiger partial charge in [0.05, 0.1) is 11.5 Å². The van der Waals surface area contributed by atoms with Gasteiger partial charge in [-0.05, 0) is 88.4 Å². The van der Waals surface area contributed by atoms with Gasteiger partial charge in [0.1, 0.15) is 0 Å². The highest BCUT2D eigenvalue weighted by atomic mass is 32.2. The summed E-state index contributed by atoms with van der Waals surface area (Å²) < 4.78 is 44.2. The van der Waals surface area contributed by atoms with E-state index in [1.165, 1.54) is 24.3 Å². The van der Waals surface area contributed by atoms with Crippen molar-refractivity contribution in [2.75, 3.05) is 20.2 Å². The van der Waals surface area contributed by atoms with E-state index in [2.05, 4.69) is 52.4 Å². The van der Waals surface area contributed by atoms with E-state index in [4.69, 9.17) is 13.0 Å². The fraction of sp³-hybridized carbons (Fsp3) is 0.458. The average molecular weight is 556 g/mol. The van der Waals surface area contributed by atoms with Crippen LogP contribution in [0.4, 0.5) is 0 Å². The SMILES string of the molecule is C=C(CN(C)C=CC=C(C(=O)OCC)S(=O)(=O)c1ccccc1)[Si](C)(O[Si](C)(C)C)O[Si](C)(C)C. The molecule has 0 aromatic heterocycles. The van der Waals surface area contributed by atoms with Crippen LogP contribution in [0.3, 0.4) is 0 Å². The van der Waals surface area contributed by atoms with Crippen LogP contribution in [0.1, 0.15) is 6.92 Å². The van der Waals surface area contributed by atoms with E-state index in [9.17, 15) is 13.2 Å². The Hall–Kier alpha value is -1.77. The van der Waals surface area contributed by atoms with E-state index >= 15 is 0 Å². The molecule has 0 aliphatic rings. The number of rotatable bonds is 13. The summed E-state index contributed by atoms with van der Waals surface area (Å²) in [5, 5.41) is 0.890. The topological polar surface area (TPSA) is 82.1 Å². The summed E-state index contributed by atoms with van der Waals surface area (Å²) in [6, 6.07) is 7.83. The molecule has 0 unspecified atom stereocenters. The molecule has 35 heavy (non-hydrogen) atoms. The van der Waals surface area contributed by atoms with Crippen molar-refractivity contribution in [3.8, 4) is 0 Å². The van der Waals surface area contributed by atoms with Gasteiger partial charge in [-0.1, -0.05) is 24.8 Å². The molecule has 1 aromatic carbocycles. The average Bonchev–Trinajstić information content (AvgIpc) is 2.69. The smallest absolute Gasteiger partial charge is 0.350 e. The molecule has 0 saturated carbocycles. The molecule has 11 heteroatoms. The Labute approximate surface area is 214 Å². The Kier molecular flexibility index (Phi) is 11.1. The predicted octanol–water partition coefficient (Wildman–Crippen LogP) is 5.22. The number of esters is 1. The van der Waals surface area contributed by atoms with E-state index in [0.29, 0.717) is 6.54 Å². The summed E-state index contributed by atoms with van der Waals surface area (Å²) in [6.45, 7) is 21.4. The van der Waals surface area contributed by atoms with Crippen LogP contribution in [0.2, 0.25) is 45.8 Å². The molecule has 1 rings (SSSR count). The van der Waals surface area contributed by atoms with Crippen LogP contribution in [-0.2, 0) is 27.6 Å². The van der Waals surface area contributed by atoms with Crippen molar-refractivity contribution in [2.45, 2.75) is 57.6 Å².